The van der Waals surface area contributed by atoms with Gasteiger partial charge in [0.15, 0.2) is 0 Å². The van der Waals surface area contributed by atoms with Gasteiger partial charge < -0.3 is 14.8 Å². The Bertz CT molecular complexity index is 869. The van der Waals surface area contributed by atoms with Crippen molar-refractivity contribution in [2.75, 3.05) is 26.1 Å². The summed E-state index contributed by atoms with van der Waals surface area (Å²) in [6, 6.07) is 15.9. The second-order valence-corrected chi connectivity index (χ2v) is 5.66. The highest BCUT2D eigenvalue weighted by molar-refractivity contribution is 5.73. The predicted octanol–water partition coefficient (Wildman–Crippen LogP) is 3.52. The third kappa shape index (κ3) is 2.29. The molecule has 1 aromatic heterocycles. The lowest BCUT2D eigenvalue weighted by molar-refractivity contribution is 0.412. The van der Waals surface area contributed by atoms with Gasteiger partial charge in [0, 0.05) is 17.7 Å². The first-order valence-electron chi connectivity index (χ1n) is 7.95. The fraction of sp³-hybridized carbons (Fsp3) is 0.211. The van der Waals surface area contributed by atoms with Crippen LogP contribution in [0.1, 0.15) is 5.56 Å². The smallest absolute Gasteiger partial charge is 0.144 e. The molecule has 0 amide bonds. The number of nitrogens with zero attached hydrogens (tertiary/aromatic N) is 2. The first kappa shape index (κ1) is 14.6. The van der Waals surface area contributed by atoms with E-state index in [9.17, 15) is 0 Å². The van der Waals surface area contributed by atoms with Gasteiger partial charge in [-0.3, -0.25) is 0 Å². The van der Waals surface area contributed by atoms with Gasteiger partial charge in [0.1, 0.15) is 23.0 Å². The number of hydrogen-bond acceptors (Lipinski definition) is 4. The molecule has 1 aliphatic rings. The van der Waals surface area contributed by atoms with Gasteiger partial charge in [-0.2, -0.15) is 5.10 Å². The molecule has 5 nitrogen and oxygen atoms in total. The molecule has 5 heteroatoms. The molecule has 122 valence electrons. The van der Waals surface area contributed by atoms with Crippen LogP contribution in [0.5, 0.6) is 11.5 Å². The van der Waals surface area contributed by atoms with Crippen molar-refractivity contribution in [2.45, 2.75) is 6.42 Å². The second-order valence-electron chi connectivity index (χ2n) is 5.66. The number of rotatable bonds is 4. The monoisotopic (exact) mass is 321 g/mol. The summed E-state index contributed by atoms with van der Waals surface area (Å²) in [6.45, 7) is 0.922. The normalized spacial score (nSPS) is 12.6. The van der Waals surface area contributed by atoms with Crippen LogP contribution < -0.4 is 14.8 Å². The Kier molecular flexibility index (Phi) is 3.61. The fourth-order valence-corrected chi connectivity index (χ4v) is 3.13. The van der Waals surface area contributed by atoms with E-state index >= 15 is 0 Å². The standard InChI is InChI=1S/C19H19N3O2/c1-23-14-9-7-13(8-10-14)18-15-11-12-20-19(15)22(21-18)16-5-3-4-6-17(16)24-2/h3-10,20H,11-12H2,1-2H3. The number of methoxy groups -OCH3 is 2. The number of fused-ring (bicyclic) bond motifs is 1. The molecule has 24 heavy (non-hydrogen) atoms. The summed E-state index contributed by atoms with van der Waals surface area (Å²) in [7, 11) is 3.35. The summed E-state index contributed by atoms with van der Waals surface area (Å²) in [5.74, 6) is 2.70. The molecule has 0 radical (unpaired) electrons. The van der Waals surface area contributed by atoms with Crippen LogP contribution in [0.15, 0.2) is 48.5 Å². The van der Waals surface area contributed by atoms with E-state index in [4.69, 9.17) is 14.6 Å². The topological polar surface area (TPSA) is 48.3 Å². The molecule has 2 aromatic carbocycles. The Morgan fingerprint density at radius 3 is 2.54 bits per heavy atom. The van der Waals surface area contributed by atoms with Crippen LogP contribution in [-0.4, -0.2) is 30.5 Å². The van der Waals surface area contributed by atoms with E-state index in [2.05, 4.69) is 5.32 Å². The van der Waals surface area contributed by atoms with Gasteiger partial charge in [0.2, 0.25) is 0 Å². The van der Waals surface area contributed by atoms with E-state index < -0.39 is 0 Å². The zero-order valence-electron chi connectivity index (χ0n) is 13.7. The van der Waals surface area contributed by atoms with E-state index in [1.54, 1.807) is 14.2 Å². The fourth-order valence-electron chi connectivity index (χ4n) is 3.13. The van der Waals surface area contributed by atoms with Gasteiger partial charge in [-0.1, -0.05) is 12.1 Å². The molecule has 0 fully saturated rings. The summed E-state index contributed by atoms with van der Waals surface area (Å²) < 4.78 is 12.7. The molecule has 1 N–H and O–H groups in total. The van der Waals surface area contributed by atoms with Gasteiger partial charge in [-0.15, -0.1) is 0 Å². The van der Waals surface area contributed by atoms with E-state index in [0.29, 0.717) is 0 Å². The van der Waals surface area contributed by atoms with Crippen molar-refractivity contribution in [3.63, 3.8) is 0 Å². The third-order valence-electron chi connectivity index (χ3n) is 4.33. The Morgan fingerprint density at radius 2 is 1.79 bits per heavy atom. The SMILES string of the molecule is COc1ccc(-c2nn(-c3ccccc3OC)c3c2CCN3)cc1. The van der Waals surface area contributed by atoms with E-state index in [-0.39, 0.29) is 0 Å². The van der Waals surface area contributed by atoms with Crippen molar-refractivity contribution in [3.05, 3.63) is 54.1 Å². The number of anilines is 1. The molecular formula is C19H19N3O2. The molecule has 2 heterocycles. The number of aromatic nitrogens is 2. The van der Waals surface area contributed by atoms with E-state index in [0.717, 1.165) is 47.2 Å². The van der Waals surface area contributed by atoms with Crippen molar-refractivity contribution in [1.29, 1.82) is 0 Å². The van der Waals surface area contributed by atoms with Crippen LogP contribution in [0.25, 0.3) is 16.9 Å². The van der Waals surface area contributed by atoms with E-state index in [1.807, 2.05) is 53.2 Å². The van der Waals surface area contributed by atoms with Crippen LogP contribution in [0, 0.1) is 0 Å². The van der Waals surface area contributed by atoms with Gasteiger partial charge >= 0.3 is 0 Å². The first-order chi connectivity index (χ1) is 11.8. The third-order valence-corrected chi connectivity index (χ3v) is 4.33. The quantitative estimate of drug-likeness (QED) is 0.799. The van der Waals surface area contributed by atoms with Crippen LogP contribution in [-0.2, 0) is 6.42 Å². The number of para-hydroxylation sites is 2. The molecule has 3 aromatic rings. The minimum absolute atomic E-state index is 0.804. The van der Waals surface area contributed by atoms with Crippen LogP contribution >= 0.6 is 0 Å². The Morgan fingerprint density at radius 1 is 1.00 bits per heavy atom. The highest BCUT2D eigenvalue weighted by Crippen LogP contribution is 2.36. The lowest BCUT2D eigenvalue weighted by Gasteiger charge is -2.10. The molecule has 0 unspecified atom stereocenters. The zero-order chi connectivity index (χ0) is 16.5. The summed E-state index contributed by atoms with van der Waals surface area (Å²) in [5, 5.41) is 8.32. The zero-order valence-corrected chi connectivity index (χ0v) is 13.7. The maximum absolute atomic E-state index is 5.50. The Hall–Kier alpha value is -2.95. The largest absolute Gasteiger partial charge is 0.497 e. The van der Waals surface area contributed by atoms with Crippen LogP contribution in [0.4, 0.5) is 5.82 Å². The maximum Gasteiger partial charge on any atom is 0.144 e. The maximum atomic E-state index is 5.50. The van der Waals surface area contributed by atoms with Crippen molar-refractivity contribution < 1.29 is 9.47 Å². The number of hydrogen-bond donors (Lipinski definition) is 1. The van der Waals surface area contributed by atoms with Crippen LogP contribution in [0.2, 0.25) is 0 Å². The summed E-state index contributed by atoms with van der Waals surface area (Å²) >= 11 is 0. The Labute approximate surface area is 140 Å². The van der Waals surface area contributed by atoms with Crippen molar-refractivity contribution >= 4 is 5.82 Å². The molecule has 0 aliphatic carbocycles. The number of nitrogens with one attached hydrogen (secondary N) is 1. The molecule has 0 atom stereocenters. The average Bonchev–Trinajstić information content (AvgIpc) is 3.24. The van der Waals surface area contributed by atoms with Crippen molar-refractivity contribution in [3.8, 4) is 28.4 Å². The predicted molar refractivity (Wildman–Crippen MR) is 94.3 cm³/mol. The summed E-state index contributed by atoms with van der Waals surface area (Å²) in [5.41, 5.74) is 4.27. The van der Waals surface area contributed by atoms with Gasteiger partial charge in [0.05, 0.1) is 19.9 Å². The Balaban J connectivity index is 1.86. The second kappa shape index (κ2) is 5.92. The van der Waals surface area contributed by atoms with Gasteiger partial charge in [0.25, 0.3) is 0 Å². The van der Waals surface area contributed by atoms with Crippen molar-refractivity contribution in [2.24, 2.45) is 0 Å². The summed E-state index contributed by atoms with van der Waals surface area (Å²) in [6.07, 6.45) is 0.964. The molecule has 1 aliphatic heterocycles. The molecule has 0 bridgehead atoms. The minimum Gasteiger partial charge on any atom is -0.497 e. The first-order valence-corrected chi connectivity index (χ1v) is 7.95. The molecule has 0 saturated carbocycles. The average molecular weight is 321 g/mol. The number of benzene rings is 2. The van der Waals surface area contributed by atoms with Gasteiger partial charge in [-0.05, 0) is 42.8 Å². The van der Waals surface area contributed by atoms with Crippen molar-refractivity contribution in [1.82, 2.24) is 9.78 Å². The molecule has 0 spiro atoms. The molecule has 0 saturated heterocycles. The lowest BCUT2D eigenvalue weighted by Crippen LogP contribution is -2.05. The van der Waals surface area contributed by atoms with E-state index in [1.165, 1.54) is 5.56 Å². The number of ether oxygens (including phenoxy) is 2. The summed E-state index contributed by atoms with van der Waals surface area (Å²) in [4.78, 5) is 0. The minimum atomic E-state index is 0.804. The lowest BCUT2D eigenvalue weighted by atomic mass is 10.1. The van der Waals surface area contributed by atoms with Gasteiger partial charge in [-0.25, -0.2) is 4.68 Å². The highest BCUT2D eigenvalue weighted by Gasteiger charge is 2.25. The highest BCUT2D eigenvalue weighted by atomic mass is 16.5. The molecular weight excluding hydrogens is 302 g/mol. The molecule has 4 rings (SSSR count). The van der Waals surface area contributed by atoms with Crippen LogP contribution in [0.3, 0.4) is 0 Å².